The van der Waals surface area contributed by atoms with E-state index in [9.17, 15) is 9.90 Å². The maximum Gasteiger partial charge on any atom is 0.307 e. The molecule has 0 bridgehead atoms. The van der Waals surface area contributed by atoms with E-state index < -0.39 is 11.9 Å². The zero-order valence-electron chi connectivity index (χ0n) is 11.0. The summed E-state index contributed by atoms with van der Waals surface area (Å²) in [4.78, 5) is 11.5. The number of carbonyl (C=O) groups is 1. The fourth-order valence-corrected chi connectivity index (χ4v) is 2.93. The molecule has 0 saturated carbocycles. The number of carboxylic acids is 1. The number of hydrogen-bond acceptors (Lipinski definition) is 1. The molecule has 1 atom stereocenters. The van der Waals surface area contributed by atoms with Gasteiger partial charge in [0.25, 0.3) is 0 Å². The SMILES string of the molecule is O=C(O)C(Cc1cccc(Cl)c1)Cc1c(Cl)cccc1Cl. The third kappa shape index (κ3) is 4.37. The predicted molar refractivity (Wildman–Crippen MR) is 86.4 cm³/mol. The fraction of sp³-hybridized carbons (Fsp3) is 0.188. The van der Waals surface area contributed by atoms with Crippen molar-refractivity contribution in [3.05, 3.63) is 68.7 Å². The molecule has 0 heterocycles. The Bertz CT molecular complexity index is 635. The summed E-state index contributed by atoms with van der Waals surface area (Å²) in [5.74, 6) is -1.49. The van der Waals surface area contributed by atoms with Gasteiger partial charge in [0.2, 0.25) is 0 Å². The molecule has 0 amide bonds. The first-order chi connectivity index (χ1) is 9.97. The number of rotatable bonds is 5. The Morgan fingerprint density at radius 2 is 1.62 bits per heavy atom. The van der Waals surface area contributed by atoms with E-state index in [4.69, 9.17) is 34.8 Å². The molecule has 0 spiro atoms. The number of carboxylic acid groups (broad SMARTS) is 1. The highest BCUT2D eigenvalue weighted by Crippen LogP contribution is 2.28. The van der Waals surface area contributed by atoms with Crippen LogP contribution in [-0.2, 0) is 17.6 Å². The maximum atomic E-state index is 11.5. The van der Waals surface area contributed by atoms with Crippen LogP contribution in [0.25, 0.3) is 0 Å². The van der Waals surface area contributed by atoms with Crippen LogP contribution in [0.1, 0.15) is 11.1 Å². The lowest BCUT2D eigenvalue weighted by Gasteiger charge is -2.15. The lowest BCUT2D eigenvalue weighted by Crippen LogP contribution is -2.19. The summed E-state index contributed by atoms with van der Waals surface area (Å²) in [5, 5.41) is 11.0. The van der Waals surface area contributed by atoms with Gasteiger partial charge in [0, 0.05) is 15.1 Å². The minimum Gasteiger partial charge on any atom is -0.481 e. The normalized spacial score (nSPS) is 12.1. The van der Waals surface area contributed by atoms with Gasteiger partial charge in [-0.2, -0.15) is 0 Å². The standard InChI is InChI=1S/C16H13Cl3O2/c17-12-4-1-3-10(8-12)7-11(16(20)21)9-13-14(18)5-2-6-15(13)19/h1-6,8,11H,7,9H2,(H,20,21). The van der Waals surface area contributed by atoms with Crippen LogP contribution >= 0.6 is 34.8 Å². The molecule has 2 nitrogen and oxygen atoms in total. The highest BCUT2D eigenvalue weighted by Gasteiger charge is 2.21. The first-order valence-electron chi connectivity index (χ1n) is 6.37. The number of hydrogen-bond donors (Lipinski definition) is 1. The lowest BCUT2D eigenvalue weighted by molar-refractivity contribution is -0.141. The van der Waals surface area contributed by atoms with Crippen molar-refractivity contribution in [3.8, 4) is 0 Å². The molecule has 110 valence electrons. The minimum atomic E-state index is -0.883. The summed E-state index contributed by atoms with van der Waals surface area (Å²) >= 11 is 18.1. The molecule has 1 N–H and O–H groups in total. The Labute approximate surface area is 138 Å². The summed E-state index contributed by atoms with van der Waals surface area (Å²) in [7, 11) is 0. The van der Waals surface area contributed by atoms with Crippen molar-refractivity contribution in [1.82, 2.24) is 0 Å². The Morgan fingerprint density at radius 3 is 2.19 bits per heavy atom. The second-order valence-corrected chi connectivity index (χ2v) is 6.02. The van der Waals surface area contributed by atoms with E-state index >= 15 is 0 Å². The molecule has 0 aliphatic carbocycles. The first-order valence-corrected chi connectivity index (χ1v) is 7.51. The van der Waals surface area contributed by atoms with Gasteiger partial charge in [0.15, 0.2) is 0 Å². The van der Waals surface area contributed by atoms with Crippen LogP contribution in [0.15, 0.2) is 42.5 Å². The van der Waals surface area contributed by atoms with E-state index in [0.29, 0.717) is 27.1 Å². The largest absolute Gasteiger partial charge is 0.481 e. The molecular formula is C16H13Cl3O2. The van der Waals surface area contributed by atoms with E-state index in [1.807, 2.05) is 6.07 Å². The van der Waals surface area contributed by atoms with Gasteiger partial charge in [-0.05, 0) is 48.2 Å². The molecule has 0 aliphatic rings. The molecule has 5 heteroatoms. The Morgan fingerprint density at radius 1 is 1.00 bits per heavy atom. The van der Waals surface area contributed by atoms with Crippen LogP contribution in [-0.4, -0.2) is 11.1 Å². The average molecular weight is 344 g/mol. The molecule has 0 aromatic heterocycles. The summed E-state index contributed by atoms with van der Waals surface area (Å²) in [6.45, 7) is 0. The topological polar surface area (TPSA) is 37.3 Å². The van der Waals surface area contributed by atoms with Crippen molar-refractivity contribution in [1.29, 1.82) is 0 Å². The van der Waals surface area contributed by atoms with E-state index in [0.717, 1.165) is 5.56 Å². The van der Waals surface area contributed by atoms with Gasteiger partial charge in [0.05, 0.1) is 5.92 Å². The molecule has 2 aromatic carbocycles. The second-order valence-electron chi connectivity index (χ2n) is 4.77. The average Bonchev–Trinajstić information content (AvgIpc) is 2.41. The minimum absolute atomic E-state index is 0.278. The van der Waals surface area contributed by atoms with E-state index in [-0.39, 0.29) is 6.42 Å². The van der Waals surface area contributed by atoms with Gasteiger partial charge in [-0.3, -0.25) is 4.79 Å². The van der Waals surface area contributed by atoms with Gasteiger partial charge in [-0.15, -0.1) is 0 Å². The van der Waals surface area contributed by atoms with Gasteiger partial charge < -0.3 is 5.11 Å². The number of halogens is 3. The van der Waals surface area contributed by atoms with Gasteiger partial charge in [0.1, 0.15) is 0 Å². The van der Waals surface area contributed by atoms with Crippen molar-refractivity contribution in [2.45, 2.75) is 12.8 Å². The summed E-state index contributed by atoms with van der Waals surface area (Å²) in [5.41, 5.74) is 1.54. The van der Waals surface area contributed by atoms with Crippen molar-refractivity contribution >= 4 is 40.8 Å². The molecule has 0 saturated heterocycles. The van der Waals surface area contributed by atoms with Crippen molar-refractivity contribution in [2.24, 2.45) is 5.92 Å². The zero-order valence-corrected chi connectivity index (χ0v) is 13.3. The van der Waals surface area contributed by atoms with E-state index in [1.165, 1.54) is 0 Å². The molecule has 0 aliphatic heterocycles. The van der Waals surface area contributed by atoms with Crippen LogP contribution in [0.4, 0.5) is 0 Å². The zero-order chi connectivity index (χ0) is 15.4. The quantitative estimate of drug-likeness (QED) is 0.817. The molecule has 1 unspecified atom stereocenters. The second kappa shape index (κ2) is 7.17. The van der Waals surface area contributed by atoms with E-state index in [1.54, 1.807) is 36.4 Å². The molecule has 0 radical (unpaired) electrons. The van der Waals surface area contributed by atoms with Crippen LogP contribution in [0.3, 0.4) is 0 Å². The van der Waals surface area contributed by atoms with Crippen molar-refractivity contribution < 1.29 is 9.90 Å². The fourth-order valence-electron chi connectivity index (χ4n) is 2.17. The van der Waals surface area contributed by atoms with Gasteiger partial charge >= 0.3 is 5.97 Å². The third-order valence-electron chi connectivity index (χ3n) is 3.23. The van der Waals surface area contributed by atoms with Gasteiger partial charge in [-0.25, -0.2) is 0 Å². The number of aliphatic carboxylic acids is 1. The predicted octanol–water partition coefficient (Wildman–Crippen LogP) is 5.13. The number of benzene rings is 2. The molecule has 21 heavy (non-hydrogen) atoms. The smallest absolute Gasteiger partial charge is 0.307 e. The molecular weight excluding hydrogens is 331 g/mol. The summed E-state index contributed by atoms with van der Waals surface area (Å²) < 4.78 is 0. The van der Waals surface area contributed by atoms with E-state index in [2.05, 4.69) is 0 Å². The molecule has 2 rings (SSSR count). The van der Waals surface area contributed by atoms with Crippen LogP contribution in [0.2, 0.25) is 15.1 Å². The highest BCUT2D eigenvalue weighted by molar-refractivity contribution is 6.36. The van der Waals surface area contributed by atoms with Crippen LogP contribution in [0, 0.1) is 5.92 Å². The van der Waals surface area contributed by atoms with Crippen molar-refractivity contribution in [3.63, 3.8) is 0 Å². The maximum absolute atomic E-state index is 11.5. The first kappa shape index (κ1) is 16.2. The Balaban J connectivity index is 2.22. The summed E-state index contributed by atoms with van der Waals surface area (Å²) in [6.07, 6.45) is 0.651. The van der Waals surface area contributed by atoms with Crippen molar-refractivity contribution in [2.75, 3.05) is 0 Å². The van der Waals surface area contributed by atoms with Gasteiger partial charge in [-0.1, -0.05) is 53.0 Å². The summed E-state index contributed by atoms with van der Waals surface area (Å²) in [6, 6.07) is 12.3. The highest BCUT2D eigenvalue weighted by atomic mass is 35.5. The lowest BCUT2D eigenvalue weighted by atomic mass is 9.92. The Kier molecular flexibility index (Phi) is 5.51. The monoisotopic (exact) mass is 342 g/mol. The third-order valence-corrected chi connectivity index (χ3v) is 4.18. The molecule has 0 fully saturated rings. The molecule has 2 aromatic rings. The van der Waals surface area contributed by atoms with Crippen LogP contribution in [0.5, 0.6) is 0 Å². The Hall–Kier alpha value is -1.22. The van der Waals surface area contributed by atoms with Crippen LogP contribution < -0.4 is 0 Å².